The van der Waals surface area contributed by atoms with Crippen LogP contribution >= 0.6 is 0 Å². The molecule has 9 heteroatoms. The number of para-hydroxylation sites is 1. The van der Waals surface area contributed by atoms with Crippen LogP contribution in [0, 0.1) is 6.92 Å². The topological polar surface area (TPSA) is 96.0 Å². The fraction of sp³-hybridized carbons (Fsp3) is 0.375. The molecule has 0 unspecified atom stereocenters. The molecule has 0 bridgehead atoms. The molecule has 8 nitrogen and oxygen atoms in total. The maximum atomic E-state index is 14.1. The summed E-state index contributed by atoms with van der Waals surface area (Å²) in [7, 11) is -4.13. The predicted molar refractivity (Wildman–Crippen MR) is 160 cm³/mol. The Morgan fingerprint density at radius 2 is 1.59 bits per heavy atom. The van der Waals surface area contributed by atoms with E-state index in [4.69, 9.17) is 4.74 Å². The maximum Gasteiger partial charge on any atom is 0.264 e. The summed E-state index contributed by atoms with van der Waals surface area (Å²) in [6.07, 6.45) is 3.99. The highest BCUT2D eigenvalue weighted by atomic mass is 32.2. The number of carbonyl (C=O) groups is 2. The van der Waals surface area contributed by atoms with Gasteiger partial charge in [0.25, 0.3) is 10.0 Å². The van der Waals surface area contributed by atoms with E-state index in [0.29, 0.717) is 18.0 Å². The van der Waals surface area contributed by atoms with Gasteiger partial charge in [0.1, 0.15) is 18.3 Å². The molecular weight excluding hydrogens is 538 g/mol. The van der Waals surface area contributed by atoms with Gasteiger partial charge in [-0.2, -0.15) is 0 Å². The first-order valence-electron chi connectivity index (χ1n) is 14.2. The van der Waals surface area contributed by atoms with Crippen molar-refractivity contribution in [3.05, 3.63) is 90.0 Å². The van der Waals surface area contributed by atoms with E-state index >= 15 is 0 Å². The molecule has 0 radical (unpaired) electrons. The fourth-order valence-corrected chi connectivity index (χ4v) is 6.48. The minimum absolute atomic E-state index is 0.0371. The van der Waals surface area contributed by atoms with Crippen LogP contribution in [-0.4, -0.2) is 50.4 Å². The third-order valence-electron chi connectivity index (χ3n) is 7.52. The fourth-order valence-electron chi connectivity index (χ4n) is 5.07. The summed E-state index contributed by atoms with van der Waals surface area (Å²) in [4.78, 5) is 28.9. The highest BCUT2D eigenvalue weighted by Crippen LogP contribution is 2.26. The van der Waals surface area contributed by atoms with Gasteiger partial charge in [0.15, 0.2) is 0 Å². The van der Waals surface area contributed by atoms with E-state index in [1.54, 1.807) is 49.4 Å². The van der Waals surface area contributed by atoms with Crippen molar-refractivity contribution in [1.82, 2.24) is 10.2 Å². The summed E-state index contributed by atoms with van der Waals surface area (Å²) in [5.74, 6) is -0.152. The van der Waals surface area contributed by atoms with Gasteiger partial charge in [0, 0.05) is 12.6 Å². The molecule has 0 aliphatic heterocycles. The molecule has 218 valence electrons. The van der Waals surface area contributed by atoms with Gasteiger partial charge in [0.05, 0.1) is 17.2 Å². The lowest BCUT2D eigenvalue weighted by Crippen LogP contribution is -2.52. The van der Waals surface area contributed by atoms with Crippen LogP contribution in [0.4, 0.5) is 5.69 Å². The van der Waals surface area contributed by atoms with Gasteiger partial charge in [0.2, 0.25) is 11.8 Å². The number of hydrogen-bond donors (Lipinski definition) is 1. The molecule has 1 fully saturated rings. The van der Waals surface area contributed by atoms with Gasteiger partial charge in [-0.25, -0.2) is 8.42 Å². The van der Waals surface area contributed by atoms with E-state index < -0.39 is 28.5 Å². The molecule has 1 saturated carbocycles. The summed E-state index contributed by atoms with van der Waals surface area (Å²) in [6.45, 7) is 5.68. The summed E-state index contributed by atoms with van der Waals surface area (Å²) >= 11 is 0. The number of sulfonamides is 1. The van der Waals surface area contributed by atoms with Crippen molar-refractivity contribution in [3.8, 4) is 5.75 Å². The van der Waals surface area contributed by atoms with E-state index in [-0.39, 0.29) is 23.4 Å². The number of rotatable bonds is 12. The average molecular weight is 578 g/mol. The van der Waals surface area contributed by atoms with Crippen molar-refractivity contribution in [2.45, 2.75) is 70.0 Å². The Kier molecular flexibility index (Phi) is 10.0. The Labute approximate surface area is 243 Å². The first-order valence-corrected chi connectivity index (χ1v) is 15.6. The van der Waals surface area contributed by atoms with Crippen LogP contribution in [0.25, 0.3) is 0 Å². The van der Waals surface area contributed by atoms with Crippen molar-refractivity contribution >= 4 is 27.5 Å². The SMILES string of the molecule is CCOc1ccc(S(=O)(=O)N(CC(=O)N(Cc2ccccc2C)[C@@H](C)C(=O)NC2CCCC2)c2ccccc2)cc1. The van der Waals surface area contributed by atoms with E-state index in [0.717, 1.165) is 41.1 Å². The van der Waals surface area contributed by atoms with Crippen molar-refractivity contribution in [1.29, 1.82) is 0 Å². The summed E-state index contributed by atoms with van der Waals surface area (Å²) < 4.78 is 34.5. The van der Waals surface area contributed by atoms with Gasteiger partial charge < -0.3 is 15.0 Å². The average Bonchev–Trinajstić information content (AvgIpc) is 3.49. The smallest absolute Gasteiger partial charge is 0.264 e. The Bertz CT molecular complexity index is 1420. The zero-order chi connectivity index (χ0) is 29.4. The second-order valence-electron chi connectivity index (χ2n) is 10.4. The van der Waals surface area contributed by atoms with Crippen molar-refractivity contribution < 1.29 is 22.7 Å². The molecule has 4 rings (SSSR count). The summed E-state index contributed by atoms with van der Waals surface area (Å²) in [6, 6.07) is 21.7. The van der Waals surface area contributed by atoms with Gasteiger partial charge in [-0.05, 0) is 81.1 Å². The van der Waals surface area contributed by atoms with Gasteiger partial charge in [-0.1, -0.05) is 55.3 Å². The van der Waals surface area contributed by atoms with Crippen LogP contribution in [0.15, 0.2) is 83.8 Å². The van der Waals surface area contributed by atoms with E-state index in [9.17, 15) is 18.0 Å². The predicted octanol–water partition coefficient (Wildman–Crippen LogP) is 5.07. The molecule has 41 heavy (non-hydrogen) atoms. The Morgan fingerprint density at radius 1 is 0.951 bits per heavy atom. The number of nitrogens with zero attached hydrogens (tertiary/aromatic N) is 2. The number of nitrogens with one attached hydrogen (secondary N) is 1. The molecule has 1 N–H and O–H groups in total. The number of hydrogen-bond acceptors (Lipinski definition) is 5. The van der Waals surface area contributed by atoms with E-state index in [2.05, 4.69) is 5.32 Å². The lowest BCUT2D eigenvalue weighted by molar-refractivity contribution is -0.139. The normalized spacial score (nSPS) is 14.3. The molecule has 0 heterocycles. The van der Waals surface area contributed by atoms with Crippen molar-refractivity contribution in [2.24, 2.45) is 0 Å². The number of amides is 2. The molecule has 1 aliphatic rings. The Morgan fingerprint density at radius 3 is 2.22 bits per heavy atom. The first-order chi connectivity index (χ1) is 19.7. The number of carbonyl (C=O) groups excluding carboxylic acids is 2. The number of aryl methyl sites for hydroxylation is 1. The van der Waals surface area contributed by atoms with Crippen LogP contribution in [-0.2, 0) is 26.2 Å². The van der Waals surface area contributed by atoms with Crippen LogP contribution < -0.4 is 14.4 Å². The second kappa shape index (κ2) is 13.7. The molecule has 0 aromatic heterocycles. The molecule has 0 spiro atoms. The van der Waals surface area contributed by atoms with Gasteiger partial charge in [-0.15, -0.1) is 0 Å². The first kappa shape index (κ1) is 30.1. The molecule has 1 aliphatic carbocycles. The largest absolute Gasteiger partial charge is 0.494 e. The zero-order valence-corrected chi connectivity index (χ0v) is 24.8. The lowest BCUT2D eigenvalue weighted by atomic mass is 10.1. The van der Waals surface area contributed by atoms with E-state index in [1.165, 1.54) is 17.0 Å². The van der Waals surface area contributed by atoms with Crippen LogP contribution in [0.5, 0.6) is 5.75 Å². The van der Waals surface area contributed by atoms with Crippen LogP contribution in [0.2, 0.25) is 0 Å². The molecule has 3 aromatic rings. The molecule has 0 saturated heterocycles. The highest BCUT2D eigenvalue weighted by molar-refractivity contribution is 7.92. The third kappa shape index (κ3) is 7.47. The minimum atomic E-state index is -4.13. The monoisotopic (exact) mass is 577 g/mol. The second-order valence-corrected chi connectivity index (χ2v) is 12.2. The van der Waals surface area contributed by atoms with Crippen LogP contribution in [0.1, 0.15) is 50.7 Å². The van der Waals surface area contributed by atoms with Gasteiger partial charge in [-0.3, -0.25) is 13.9 Å². The lowest BCUT2D eigenvalue weighted by Gasteiger charge is -2.32. The molecule has 3 aromatic carbocycles. The summed E-state index contributed by atoms with van der Waals surface area (Å²) in [5, 5.41) is 3.09. The maximum absolute atomic E-state index is 14.1. The minimum Gasteiger partial charge on any atom is -0.494 e. The highest BCUT2D eigenvalue weighted by Gasteiger charge is 2.33. The van der Waals surface area contributed by atoms with Crippen molar-refractivity contribution in [3.63, 3.8) is 0 Å². The number of ether oxygens (including phenoxy) is 1. The van der Waals surface area contributed by atoms with Crippen molar-refractivity contribution in [2.75, 3.05) is 17.5 Å². The number of anilines is 1. The Hall–Kier alpha value is -3.85. The molecule has 2 amide bonds. The number of benzene rings is 3. The van der Waals surface area contributed by atoms with Gasteiger partial charge >= 0.3 is 0 Å². The molecule has 1 atom stereocenters. The standard InChI is InChI=1S/C32H39N3O5S/c1-4-40-29-18-20-30(21-19-29)41(38,39)35(28-16-6-5-7-17-28)23-31(36)34(22-26-13-9-8-12-24(26)2)25(3)32(37)33-27-14-10-11-15-27/h5-9,12-13,16-21,25,27H,4,10-11,14-15,22-23H2,1-3H3,(H,33,37)/t25-/m0/s1. The quantitative estimate of drug-likeness (QED) is 0.325. The zero-order valence-electron chi connectivity index (χ0n) is 24.0. The third-order valence-corrected chi connectivity index (χ3v) is 9.30. The molecular formula is C32H39N3O5S. The summed E-state index contributed by atoms with van der Waals surface area (Å²) in [5.41, 5.74) is 2.23. The van der Waals surface area contributed by atoms with Crippen LogP contribution in [0.3, 0.4) is 0 Å². The van der Waals surface area contributed by atoms with E-state index in [1.807, 2.05) is 38.1 Å². The Balaban J connectivity index is 1.66.